The van der Waals surface area contributed by atoms with E-state index < -0.39 is 11.5 Å². The van der Waals surface area contributed by atoms with Crippen LogP contribution in [0.2, 0.25) is 0 Å². The number of benzene rings is 1. The molecule has 1 aromatic carbocycles. The van der Waals surface area contributed by atoms with E-state index in [2.05, 4.69) is 10.3 Å². The first-order valence-electron chi connectivity index (χ1n) is 7.30. The summed E-state index contributed by atoms with van der Waals surface area (Å²) in [5.41, 5.74) is 0.363. The molecule has 7 nitrogen and oxygen atoms in total. The van der Waals surface area contributed by atoms with Crippen LogP contribution in [0.25, 0.3) is 10.9 Å². The lowest BCUT2D eigenvalue weighted by molar-refractivity contribution is -0.147. The van der Waals surface area contributed by atoms with Crippen LogP contribution in [0.15, 0.2) is 24.4 Å². The first kappa shape index (κ1) is 15.4. The topological polar surface area (TPSA) is 101 Å². The summed E-state index contributed by atoms with van der Waals surface area (Å²) in [7, 11) is 1.58. The van der Waals surface area contributed by atoms with Crippen molar-refractivity contribution in [2.75, 3.05) is 20.3 Å². The minimum absolute atomic E-state index is 0.00419. The molecule has 0 spiro atoms. The Morgan fingerprint density at radius 2 is 2.30 bits per heavy atom. The number of methoxy groups -OCH3 is 1. The summed E-state index contributed by atoms with van der Waals surface area (Å²) in [5.74, 6) is -0.712. The maximum Gasteiger partial charge on any atom is 0.331 e. The molecule has 3 rings (SSSR count). The quantitative estimate of drug-likeness (QED) is 0.766. The zero-order chi connectivity index (χ0) is 16.4. The summed E-state index contributed by atoms with van der Waals surface area (Å²) in [6, 6.07) is 5.55. The number of H-pyrrole nitrogens is 1. The molecular weight excluding hydrogens is 300 g/mol. The first-order chi connectivity index (χ1) is 11.0. The summed E-state index contributed by atoms with van der Waals surface area (Å²) in [5, 5.41) is 12.9. The van der Waals surface area contributed by atoms with Gasteiger partial charge in [0, 0.05) is 30.1 Å². The van der Waals surface area contributed by atoms with Gasteiger partial charge in [-0.15, -0.1) is 0 Å². The number of aliphatic carboxylic acids is 1. The van der Waals surface area contributed by atoms with E-state index in [0.29, 0.717) is 12.4 Å². The van der Waals surface area contributed by atoms with Crippen LogP contribution in [-0.2, 0) is 20.7 Å². The third kappa shape index (κ3) is 2.87. The van der Waals surface area contributed by atoms with Gasteiger partial charge in [0.05, 0.1) is 20.1 Å². The number of ether oxygens (including phenoxy) is 2. The van der Waals surface area contributed by atoms with E-state index in [1.54, 1.807) is 13.3 Å². The van der Waals surface area contributed by atoms with E-state index in [1.165, 1.54) is 0 Å². The lowest BCUT2D eigenvalue weighted by Crippen LogP contribution is -2.55. The second-order valence-electron chi connectivity index (χ2n) is 5.64. The van der Waals surface area contributed by atoms with Crippen LogP contribution in [0.3, 0.4) is 0 Å². The van der Waals surface area contributed by atoms with Crippen LogP contribution in [0.4, 0.5) is 0 Å². The molecule has 1 atom stereocenters. The van der Waals surface area contributed by atoms with E-state index in [0.717, 1.165) is 16.5 Å². The maximum atomic E-state index is 12.3. The summed E-state index contributed by atoms with van der Waals surface area (Å²) < 4.78 is 10.3. The third-order valence-electron chi connectivity index (χ3n) is 4.14. The number of carbonyl (C=O) groups is 2. The molecule has 0 bridgehead atoms. The largest absolute Gasteiger partial charge is 0.497 e. The highest BCUT2D eigenvalue weighted by Gasteiger charge is 2.43. The van der Waals surface area contributed by atoms with Crippen LogP contribution < -0.4 is 10.1 Å². The number of aromatic amines is 1. The molecule has 2 aromatic rings. The lowest BCUT2D eigenvalue weighted by Gasteiger charge is -2.23. The molecule has 1 unspecified atom stereocenters. The van der Waals surface area contributed by atoms with Gasteiger partial charge in [0.25, 0.3) is 0 Å². The van der Waals surface area contributed by atoms with Crippen molar-refractivity contribution in [3.05, 3.63) is 30.0 Å². The van der Waals surface area contributed by atoms with Crippen molar-refractivity contribution in [2.24, 2.45) is 0 Å². The predicted molar refractivity (Wildman–Crippen MR) is 82.5 cm³/mol. The molecule has 1 aliphatic heterocycles. The van der Waals surface area contributed by atoms with Gasteiger partial charge in [-0.2, -0.15) is 0 Å². The Hall–Kier alpha value is -2.54. The molecule has 1 saturated heterocycles. The summed E-state index contributed by atoms with van der Waals surface area (Å²) in [4.78, 5) is 26.8. The Morgan fingerprint density at radius 3 is 2.96 bits per heavy atom. The fourth-order valence-corrected chi connectivity index (χ4v) is 2.80. The van der Waals surface area contributed by atoms with Gasteiger partial charge in [-0.25, -0.2) is 4.79 Å². The SMILES string of the molecule is COc1ccc2[nH]cc(CC(=O)NC3(C(=O)O)CCOC3)c2c1. The standard InChI is InChI=1S/C16H18N2O5/c1-22-11-2-3-13-12(7-11)10(8-17-13)6-14(19)18-16(15(20)21)4-5-23-9-16/h2-3,7-8,17H,4-6,9H2,1H3,(H,18,19)(H,20,21). The molecule has 0 saturated carbocycles. The van der Waals surface area contributed by atoms with E-state index in [9.17, 15) is 14.7 Å². The number of nitrogens with one attached hydrogen (secondary N) is 2. The first-order valence-corrected chi connectivity index (χ1v) is 7.30. The van der Waals surface area contributed by atoms with Crippen LogP contribution in [-0.4, -0.2) is 47.8 Å². The smallest absolute Gasteiger partial charge is 0.331 e. The number of aromatic nitrogens is 1. The van der Waals surface area contributed by atoms with Crippen molar-refractivity contribution in [3.8, 4) is 5.75 Å². The van der Waals surface area contributed by atoms with Crippen molar-refractivity contribution in [1.29, 1.82) is 0 Å². The van der Waals surface area contributed by atoms with Crippen LogP contribution in [0.1, 0.15) is 12.0 Å². The van der Waals surface area contributed by atoms with Gasteiger partial charge in [-0.3, -0.25) is 4.79 Å². The molecule has 23 heavy (non-hydrogen) atoms. The molecule has 1 fully saturated rings. The van der Waals surface area contributed by atoms with E-state index in [-0.39, 0.29) is 25.4 Å². The van der Waals surface area contributed by atoms with E-state index in [1.807, 2.05) is 18.2 Å². The molecule has 1 aromatic heterocycles. The second kappa shape index (κ2) is 5.92. The monoisotopic (exact) mass is 318 g/mol. The highest BCUT2D eigenvalue weighted by atomic mass is 16.5. The number of hydrogen-bond donors (Lipinski definition) is 3. The van der Waals surface area contributed by atoms with Crippen molar-refractivity contribution in [2.45, 2.75) is 18.4 Å². The Balaban J connectivity index is 1.79. The molecule has 7 heteroatoms. The number of carbonyl (C=O) groups excluding carboxylic acids is 1. The average Bonchev–Trinajstić information content (AvgIpc) is 3.15. The minimum atomic E-state index is -1.32. The van der Waals surface area contributed by atoms with Crippen LogP contribution in [0, 0.1) is 0 Å². The highest BCUT2D eigenvalue weighted by Crippen LogP contribution is 2.24. The van der Waals surface area contributed by atoms with E-state index >= 15 is 0 Å². The van der Waals surface area contributed by atoms with Gasteiger partial charge in [0.2, 0.25) is 5.91 Å². The van der Waals surface area contributed by atoms with Crippen molar-refractivity contribution < 1.29 is 24.2 Å². The van der Waals surface area contributed by atoms with Crippen molar-refractivity contribution in [3.63, 3.8) is 0 Å². The fourth-order valence-electron chi connectivity index (χ4n) is 2.80. The lowest BCUT2D eigenvalue weighted by atomic mass is 9.98. The second-order valence-corrected chi connectivity index (χ2v) is 5.64. The molecule has 122 valence electrons. The molecular formula is C16H18N2O5. The van der Waals surface area contributed by atoms with Gasteiger partial charge >= 0.3 is 5.97 Å². The summed E-state index contributed by atoms with van der Waals surface area (Å²) in [6.45, 7) is 0.326. The van der Waals surface area contributed by atoms with Gasteiger partial charge in [0.15, 0.2) is 5.54 Å². The Morgan fingerprint density at radius 1 is 1.48 bits per heavy atom. The number of amides is 1. The number of hydrogen-bond acceptors (Lipinski definition) is 4. The van der Waals surface area contributed by atoms with Gasteiger partial charge in [-0.05, 0) is 23.8 Å². The molecule has 1 amide bonds. The zero-order valence-corrected chi connectivity index (χ0v) is 12.7. The van der Waals surface area contributed by atoms with Crippen molar-refractivity contribution >= 4 is 22.8 Å². The molecule has 3 N–H and O–H groups in total. The van der Waals surface area contributed by atoms with Crippen molar-refractivity contribution in [1.82, 2.24) is 10.3 Å². The zero-order valence-electron chi connectivity index (χ0n) is 12.7. The molecule has 1 aliphatic rings. The fraction of sp³-hybridized carbons (Fsp3) is 0.375. The number of carboxylic acids is 1. The van der Waals surface area contributed by atoms with Gasteiger partial charge in [-0.1, -0.05) is 0 Å². The van der Waals surface area contributed by atoms with Gasteiger partial charge in [0.1, 0.15) is 5.75 Å². The Bertz CT molecular complexity index is 746. The normalized spacial score (nSPS) is 20.6. The average molecular weight is 318 g/mol. The predicted octanol–water partition coefficient (Wildman–Crippen LogP) is 1.08. The maximum absolute atomic E-state index is 12.3. The third-order valence-corrected chi connectivity index (χ3v) is 4.14. The van der Waals surface area contributed by atoms with Gasteiger partial charge < -0.3 is 24.9 Å². The summed E-state index contributed by atoms with van der Waals surface area (Å²) in [6.07, 6.45) is 2.11. The van der Waals surface area contributed by atoms with E-state index in [4.69, 9.17) is 9.47 Å². The molecule has 0 aliphatic carbocycles. The number of carboxylic acid groups (broad SMARTS) is 1. The molecule has 0 radical (unpaired) electrons. The Kier molecular flexibility index (Phi) is 3.96. The highest BCUT2D eigenvalue weighted by molar-refractivity contribution is 5.92. The molecule has 2 heterocycles. The number of fused-ring (bicyclic) bond motifs is 1. The van der Waals surface area contributed by atoms with Crippen LogP contribution >= 0.6 is 0 Å². The van der Waals surface area contributed by atoms with Crippen LogP contribution in [0.5, 0.6) is 5.75 Å². The minimum Gasteiger partial charge on any atom is -0.497 e. The Labute approximate surface area is 132 Å². The number of rotatable bonds is 5. The summed E-state index contributed by atoms with van der Waals surface area (Å²) >= 11 is 0.